The summed E-state index contributed by atoms with van der Waals surface area (Å²) in [7, 11) is 0.758. The highest BCUT2D eigenvalue weighted by Gasteiger charge is 2.39. The summed E-state index contributed by atoms with van der Waals surface area (Å²) >= 11 is 0. The van der Waals surface area contributed by atoms with E-state index in [9.17, 15) is 18.0 Å². The summed E-state index contributed by atoms with van der Waals surface area (Å²) in [6.07, 6.45) is 0.801. The minimum absolute atomic E-state index is 0.0176. The largest absolute Gasteiger partial charge is 0.496 e. The molecule has 0 spiro atoms. The molecule has 22 heavy (non-hydrogen) atoms. The van der Waals surface area contributed by atoms with Gasteiger partial charge in [-0.25, -0.2) is 4.79 Å². The molecule has 0 amide bonds. The second-order valence-electron chi connectivity index (χ2n) is 4.30. The highest BCUT2D eigenvalue weighted by atomic mass is 31.1. The van der Waals surface area contributed by atoms with Crippen molar-refractivity contribution in [2.75, 3.05) is 0 Å². The van der Waals surface area contributed by atoms with Crippen LogP contribution in [0.1, 0.15) is 22.5 Å². The highest BCUT2D eigenvalue weighted by Crippen LogP contribution is 2.37. The molecule has 116 valence electrons. The van der Waals surface area contributed by atoms with Gasteiger partial charge in [-0.1, -0.05) is 20.9 Å². The van der Waals surface area contributed by atoms with E-state index < -0.39 is 29.5 Å². The van der Waals surface area contributed by atoms with E-state index in [2.05, 4.69) is 6.58 Å². The first-order valence-electron chi connectivity index (χ1n) is 6.28. The van der Waals surface area contributed by atoms with Crippen molar-refractivity contribution >= 4 is 20.1 Å². The molecule has 0 N–H and O–H groups in total. The maximum atomic E-state index is 13.4. The molecule has 1 aliphatic heterocycles. The molecule has 0 aliphatic carbocycles. The fourth-order valence-corrected chi connectivity index (χ4v) is 2.60. The molecular weight excluding hydrogens is 316 g/mol. The number of halogens is 3. The first-order valence-corrected chi connectivity index (χ1v) is 7.32. The molecule has 7 heteroatoms. The minimum atomic E-state index is -4.67. The average molecular weight is 328 g/mol. The SMILES string of the molecule is C=C/C=C\OCc1c(C(F)(F)F)c2c(oc1=O)CC=PC=C2. The van der Waals surface area contributed by atoms with Crippen LogP contribution in [0, 0.1) is 0 Å². The van der Waals surface area contributed by atoms with Gasteiger partial charge in [-0.15, -0.1) is 0 Å². The lowest BCUT2D eigenvalue weighted by atomic mass is 10.0. The number of alkyl halides is 3. The fourth-order valence-electron chi connectivity index (χ4n) is 1.97. The van der Waals surface area contributed by atoms with E-state index in [1.807, 2.05) is 0 Å². The van der Waals surface area contributed by atoms with E-state index in [-0.39, 0.29) is 17.7 Å². The Morgan fingerprint density at radius 2 is 2.23 bits per heavy atom. The number of ether oxygens (including phenoxy) is 1. The van der Waals surface area contributed by atoms with Gasteiger partial charge in [0.05, 0.1) is 17.4 Å². The second kappa shape index (κ2) is 6.79. The number of fused-ring (bicyclic) bond motifs is 1. The third-order valence-electron chi connectivity index (χ3n) is 2.87. The van der Waals surface area contributed by atoms with Crippen molar-refractivity contribution in [1.82, 2.24) is 0 Å². The summed E-state index contributed by atoms with van der Waals surface area (Å²) in [5, 5.41) is 0. The second-order valence-corrected chi connectivity index (χ2v) is 5.27. The molecule has 0 saturated heterocycles. The van der Waals surface area contributed by atoms with Gasteiger partial charge in [0, 0.05) is 12.0 Å². The number of hydrogen-bond acceptors (Lipinski definition) is 3. The molecule has 0 bridgehead atoms. The van der Waals surface area contributed by atoms with Crippen molar-refractivity contribution < 1.29 is 22.3 Å². The zero-order valence-corrected chi connectivity index (χ0v) is 12.3. The molecule has 1 aromatic heterocycles. The Labute approximate surface area is 126 Å². The Bertz CT molecular complexity index is 712. The van der Waals surface area contributed by atoms with E-state index in [1.54, 1.807) is 11.6 Å². The van der Waals surface area contributed by atoms with Crippen molar-refractivity contribution in [3.8, 4) is 0 Å². The van der Waals surface area contributed by atoms with Gasteiger partial charge in [-0.2, -0.15) is 13.2 Å². The van der Waals surface area contributed by atoms with Crippen LogP contribution in [0.4, 0.5) is 13.2 Å². The number of allylic oxidation sites excluding steroid dienone is 2. The molecule has 0 aromatic carbocycles. The van der Waals surface area contributed by atoms with Gasteiger partial charge in [-0.3, -0.25) is 0 Å². The Morgan fingerprint density at radius 3 is 2.91 bits per heavy atom. The third kappa shape index (κ3) is 3.57. The van der Waals surface area contributed by atoms with Crippen LogP contribution in [0.5, 0.6) is 0 Å². The highest BCUT2D eigenvalue weighted by molar-refractivity contribution is 7.42. The van der Waals surface area contributed by atoms with Crippen LogP contribution in [-0.4, -0.2) is 5.80 Å². The third-order valence-corrected chi connectivity index (χ3v) is 3.58. The molecule has 0 atom stereocenters. The lowest BCUT2D eigenvalue weighted by Gasteiger charge is -2.16. The van der Waals surface area contributed by atoms with Crippen molar-refractivity contribution in [1.29, 1.82) is 0 Å². The van der Waals surface area contributed by atoms with Gasteiger partial charge in [0.1, 0.15) is 12.4 Å². The van der Waals surface area contributed by atoms with Crippen molar-refractivity contribution in [2.45, 2.75) is 19.2 Å². The van der Waals surface area contributed by atoms with Crippen LogP contribution in [0.15, 0.2) is 40.0 Å². The lowest BCUT2D eigenvalue weighted by Crippen LogP contribution is -2.22. The van der Waals surface area contributed by atoms with Crippen molar-refractivity contribution in [3.63, 3.8) is 0 Å². The topological polar surface area (TPSA) is 39.4 Å². The minimum Gasteiger partial charge on any atom is -0.496 e. The van der Waals surface area contributed by atoms with Crippen LogP contribution in [0.3, 0.4) is 0 Å². The standard InChI is InChI=1S/C15H12F3O3P/c1-2-3-6-20-9-11-13(15(16,17)18)10-4-7-22-8-5-12(10)21-14(11)19/h2-4,6-8H,1,5,9H2/b6-3-. The lowest BCUT2D eigenvalue weighted by molar-refractivity contribution is -0.139. The van der Waals surface area contributed by atoms with Crippen LogP contribution in [0.25, 0.3) is 6.08 Å². The monoisotopic (exact) mass is 328 g/mol. The maximum Gasteiger partial charge on any atom is 0.417 e. The summed E-state index contributed by atoms with van der Waals surface area (Å²) in [6, 6.07) is 0. The summed E-state index contributed by atoms with van der Waals surface area (Å²) in [4.78, 5) is 11.9. The quantitative estimate of drug-likeness (QED) is 0.473. The molecule has 1 aliphatic rings. The van der Waals surface area contributed by atoms with Crippen LogP contribution in [0.2, 0.25) is 0 Å². The summed E-state index contributed by atoms with van der Waals surface area (Å²) in [5.41, 5.74) is -2.67. The predicted octanol–water partition coefficient (Wildman–Crippen LogP) is 4.15. The molecule has 1 aromatic rings. The summed E-state index contributed by atoms with van der Waals surface area (Å²) < 4.78 is 50.2. The Morgan fingerprint density at radius 1 is 1.45 bits per heavy atom. The zero-order valence-electron chi connectivity index (χ0n) is 11.4. The number of rotatable bonds is 4. The van der Waals surface area contributed by atoms with E-state index in [0.29, 0.717) is 0 Å². The van der Waals surface area contributed by atoms with Gasteiger partial charge in [0.25, 0.3) is 0 Å². The average Bonchev–Trinajstić information content (AvgIpc) is 2.67. The molecule has 2 heterocycles. The molecule has 0 radical (unpaired) electrons. The van der Waals surface area contributed by atoms with E-state index in [4.69, 9.17) is 9.15 Å². The first kappa shape index (κ1) is 16.3. The Balaban J connectivity index is 2.57. The first-order chi connectivity index (χ1) is 10.4. The maximum absolute atomic E-state index is 13.4. The van der Waals surface area contributed by atoms with Crippen molar-refractivity contribution in [2.24, 2.45) is 0 Å². The molecule has 0 fully saturated rings. The summed E-state index contributed by atoms with van der Waals surface area (Å²) in [6.45, 7) is 2.88. The van der Waals surface area contributed by atoms with Gasteiger partial charge < -0.3 is 9.15 Å². The zero-order chi connectivity index (χ0) is 16.2. The molecule has 3 nitrogen and oxygen atoms in total. The normalized spacial score (nSPS) is 14.7. The molecular formula is C15H12F3O3P. The van der Waals surface area contributed by atoms with Gasteiger partial charge >= 0.3 is 11.8 Å². The van der Waals surface area contributed by atoms with E-state index in [0.717, 1.165) is 8.20 Å². The van der Waals surface area contributed by atoms with Crippen LogP contribution in [-0.2, 0) is 23.9 Å². The molecule has 0 unspecified atom stereocenters. The smallest absolute Gasteiger partial charge is 0.417 e. The molecule has 0 saturated carbocycles. The van der Waals surface area contributed by atoms with Gasteiger partial charge in [0.2, 0.25) is 0 Å². The number of hydrogen-bond donors (Lipinski definition) is 0. The molecule has 2 rings (SSSR count). The predicted molar refractivity (Wildman–Crippen MR) is 79.8 cm³/mol. The van der Waals surface area contributed by atoms with Gasteiger partial charge in [-0.05, 0) is 23.8 Å². The fraction of sp³-hybridized carbons (Fsp3) is 0.200. The Hall–Kier alpha value is -2.07. The summed E-state index contributed by atoms with van der Waals surface area (Å²) in [5.74, 6) is 3.31. The van der Waals surface area contributed by atoms with E-state index in [1.165, 1.54) is 24.5 Å². The van der Waals surface area contributed by atoms with Crippen molar-refractivity contribution in [3.05, 3.63) is 63.7 Å². The van der Waals surface area contributed by atoms with Gasteiger partial charge in [0.15, 0.2) is 0 Å². The van der Waals surface area contributed by atoms with Crippen LogP contribution >= 0.6 is 8.20 Å². The Kier molecular flexibility index (Phi) is 5.03. The van der Waals surface area contributed by atoms with Crippen LogP contribution < -0.4 is 5.63 Å². The van der Waals surface area contributed by atoms with E-state index >= 15 is 0 Å².